The molecule has 0 saturated carbocycles. The molecule has 4 heterocycles. The van der Waals surface area contributed by atoms with Crippen molar-refractivity contribution in [1.29, 1.82) is 0 Å². The van der Waals surface area contributed by atoms with Crippen molar-refractivity contribution in [3.63, 3.8) is 0 Å². The second-order valence-electron chi connectivity index (χ2n) is 21.8. The second kappa shape index (κ2) is 49.9. The van der Waals surface area contributed by atoms with Crippen molar-refractivity contribution in [3.05, 3.63) is 0 Å². The molecule has 16 nitrogen and oxygen atoms in total. The van der Waals surface area contributed by atoms with E-state index < -0.39 is 6.04 Å². The molecule has 77 heavy (non-hydrogen) atoms. The molecule has 0 spiro atoms. The Morgan fingerprint density at radius 3 is 0.805 bits per heavy atom. The van der Waals surface area contributed by atoms with Gasteiger partial charge in [-0.1, -0.05) is 141 Å². The molecule has 0 radical (unpaired) electrons. The lowest BCUT2D eigenvalue weighted by molar-refractivity contribution is -0.138. The fourth-order valence-electron chi connectivity index (χ4n) is 7.05. The van der Waals surface area contributed by atoms with E-state index in [9.17, 15) is 43.2 Å². The maximum absolute atomic E-state index is 11.6. The van der Waals surface area contributed by atoms with Crippen LogP contribution < -0.4 is 10.6 Å². The highest BCUT2D eigenvalue weighted by Crippen LogP contribution is 2.14. The van der Waals surface area contributed by atoms with Crippen LogP contribution in [0.2, 0.25) is 0 Å². The van der Waals surface area contributed by atoms with Crippen molar-refractivity contribution in [2.45, 2.75) is 225 Å². The standard InChI is InChI=1S/C12H21NO3.2C9H17NO.C8H15NO.C7H13NO.C6H13NO.C5H11NO.5CH4/c1-7(2)12(16)13-9(4)11(15)6-8(3)10(5)14;2*1-8(2)9(11)10-6-4-3-5-7-10;1-7(2)8(10)9-5-3-4-6-9;1-6(2)7(9)8-4-3-5-8;1-5(2)6(8)7(3)4;1-4(2)5(7)6-3;;;;;/h7-9H,6H2,1-5H3,(H,13,16);2*8H,3-7H2,1-2H3;7H,3-6H2,1-2H3;6H,3-5H2,1-2H3;5H,1-4H3;4H,1-3H3,(H,6,7);5*1H4. The fourth-order valence-corrected chi connectivity index (χ4v) is 7.05. The lowest BCUT2D eigenvalue weighted by Gasteiger charge is -2.32. The van der Waals surface area contributed by atoms with Crippen LogP contribution >= 0.6 is 0 Å². The molecule has 0 aromatic rings. The molecule has 2 atom stereocenters. The summed E-state index contributed by atoms with van der Waals surface area (Å²) >= 11 is 0. The zero-order valence-electron chi connectivity index (χ0n) is 49.3. The summed E-state index contributed by atoms with van der Waals surface area (Å²) in [6, 6.07) is -0.517. The summed E-state index contributed by atoms with van der Waals surface area (Å²) in [5.74, 6) is 1.85. The first-order valence-electron chi connectivity index (χ1n) is 27.3. The van der Waals surface area contributed by atoms with Crippen LogP contribution in [0.4, 0.5) is 0 Å². The molecule has 7 amide bonds. The quantitative estimate of drug-likeness (QED) is 0.191. The Balaban J connectivity index is -0.000000121. The van der Waals surface area contributed by atoms with Gasteiger partial charge in [-0.25, -0.2) is 0 Å². The van der Waals surface area contributed by atoms with Gasteiger partial charge in [0.15, 0.2) is 5.78 Å². The normalized spacial score (nSPS) is 14.7. The van der Waals surface area contributed by atoms with Gasteiger partial charge < -0.3 is 35.1 Å². The summed E-state index contributed by atoms with van der Waals surface area (Å²) < 4.78 is 0. The van der Waals surface area contributed by atoms with E-state index in [0.29, 0.717) is 23.6 Å². The molecule has 4 aliphatic heterocycles. The molecule has 460 valence electrons. The Bertz CT molecular complexity index is 1550. The van der Waals surface area contributed by atoms with E-state index in [0.717, 1.165) is 52.4 Å². The van der Waals surface area contributed by atoms with Gasteiger partial charge in [-0.15, -0.1) is 0 Å². The van der Waals surface area contributed by atoms with Crippen LogP contribution in [0.3, 0.4) is 0 Å². The number of nitrogens with zero attached hydrogens (tertiary/aromatic N) is 5. The zero-order chi connectivity index (χ0) is 56.4. The third kappa shape index (κ3) is 42.3. The van der Waals surface area contributed by atoms with Crippen LogP contribution in [0, 0.1) is 47.3 Å². The van der Waals surface area contributed by atoms with Crippen LogP contribution in [0.25, 0.3) is 0 Å². The number of amides is 7. The van der Waals surface area contributed by atoms with Gasteiger partial charge in [-0.05, 0) is 71.6 Å². The number of rotatable bonds is 12. The maximum Gasteiger partial charge on any atom is 0.225 e. The zero-order valence-corrected chi connectivity index (χ0v) is 49.3. The molecular formula is C61H127N7O9. The van der Waals surface area contributed by atoms with Crippen molar-refractivity contribution < 1.29 is 43.2 Å². The number of hydrogen-bond acceptors (Lipinski definition) is 9. The first-order valence-corrected chi connectivity index (χ1v) is 27.3. The fraction of sp³-hybridized carbons (Fsp3) is 0.852. The number of piperidine rings is 2. The first kappa shape index (κ1) is 89.2. The SMILES string of the molecule is C.C.C.C.C.CC(=O)C(C)CC(=O)C(C)NC(=O)C(C)C.CC(C)C(=O)N(C)C.CC(C)C(=O)N1CCC1.CC(C)C(=O)N1CCCC1.CC(C)C(=O)N1CCCCC1.CC(C)C(=O)N1CCCCC1.CNC(=O)C(C)C. The van der Waals surface area contributed by atoms with E-state index in [-0.39, 0.29) is 120 Å². The molecule has 0 bridgehead atoms. The molecule has 4 aliphatic rings. The minimum Gasteiger partial charge on any atom is -0.359 e. The monoisotopic (exact) mass is 1100 g/mol. The van der Waals surface area contributed by atoms with Gasteiger partial charge in [0, 0.05) is 127 Å². The smallest absolute Gasteiger partial charge is 0.225 e. The average Bonchev–Trinajstić information content (AvgIpc) is 3.86. The summed E-state index contributed by atoms with van der Waals surface area (Å²) in [4.78, 5) is 110. The van der Waals surface area contributed by atoms with Crippen LogP contribution in [-0.2, 0) is 43.2 Å². The van der Waals surface area contributed by atoms with E-state index in [1.165, 1.54) is 64.7 Å². The minimum atomic E-state index is -0.517. The highest BCUT2D eigenvalue weighted by molar-refractivity contribution is 5.92. The molecule has 0 aliphatic carbocycles. The Hall–Kier alpha value is -4.37. The highest BCUT2D eigenvalue weighted by Gasteiger charge is 2.24. The molecule has 2 N–H and O–H groups in total. The van der Waals surface area contributed by atoms with E-state index in [4.69, 9.17) is 0 Å². The summed E-state index contributed by atoms with van der Waals surface area (Å²) in [5.41, 5.74) is 0. The summed E-state index contributed by atoms with van der Waals surface area (Å²) in [6.45, 7) is 39.4. The molecule has 2 unspecified atom stereocenters. The highest BCUT2D eigenvalue weighted by atomic mass is 16.2. The molecule has 0 aromatic carbocycles. The van der Waals surface area contributed by atoms with Gasteiger partial charge in [0.2, 0.25) is 41.4 Å². The molecule has 0 aromatic heterocycles. The van der Waals surface area contributed by atoms with Gasteiger partial charge in [-0.2, -0.15) is 0 Å². The second-order valence-corrected chi connectivity index (χ2v) is 21.8. The largest absolute Gasteiger partial charge is 0.359 e. The van der Waals surface area contributed by atoms with E-state index in [1.54, 1.807) is 53.7 Å². The van der Waals surface area contributed by atoms with Crippen LogP contribution in [-0.4, -0.2) is 157 Å². The third-order valence-corrected chi connectivity index (χ3v) is 12.2. The number of nitrogens with one attached hydrogen (secondary N) is 2. The van der Waals surface area contributed by atoms with Gasteiger partial charge in [0.1, 0.15) is 5.78 Å². The number of ketones is 2. The number of likely N-dealkylation sites (tertiary alicyclic amines) is 4. The predicted molar refractivity (Wildman–Crippen MR) is 325 cm³/mol. The number of hydrogen-bond donors (Lipinski definition) is 2. The Kier molecular flexibility index (Phi) is 57.8. The summed E-state index contributed by atoms with van der Waals surface area (Å²) in [7, 11) is 5.17. The van der Waals surface area contributed by atoms with Crippen molar-refractivity contribution in [3.8, 4) is 0 Å². The van der Waals surface area contributed by atoms with Gasteiger partial charge in [0.05, 0.1) is 6.04 Å². The lowest BCUT2D eigenvalue weighted by atomic mass is 9.97. The van der Waals surface area contributed by atoms with Crippen molar-refractivity contribution >= 4 is 52.9 Å². The van der Waals surface area contributed by atoms with E-state index in [2.05, 4.69) is 10.6 Å². The average molecular weight is 1100 g/mol. The molecule has 4 rings (SSSR count). The van der Waals surface area contributed by atoms with Gasteiger partial charge in [-0.3, -0.25) is 43.2 Å². The predicted octanol–water partition coefficient (Wildman–Crippen LogP) is 11.1. The molecule has 4 fully saturated rings. The van der Waals surface area contributed by atoms with Crippen molar-refractivity contribution in [2.24, 2.45) is 47.3 Å². The first-order chi connectivity index (χ1) is 33.3. The van der Waals surface area contributed by atoms with E-state index in [1.807, 2.05) is 103 Å². The van der Waals surface area contributed by atoms with Gasteiger partial charge in [0.25, 0.3) is 0 Å². The Morgan fingerprint density at radius 1 is 0.390 bits per heavy atom. The molecule has 4 saturated heterocycles. The summed E-state index contributed by atoms with van der Waals surface area (Å²) in [5, 5.41) is 5.15. The molecular weight excluding hydrogens is 975 g/mol. The van der Waals surface area contributed by atoms with Crippen LogP contribution in [0.1, 0.15) is 219 Å². The summed E-state index contributed by atoms with van der Waals surface area (Å²) in [6.07, 6.45) is 11.1. The lowest BCUT2D eigenvalue weighted by Crippen LogP contribution is -2.44. The minimum absolute atomic E-state index is 0. The Morgan fingerprint density at radius 2 is 0.649 bits per heavy atom. The Labute approximate surface area is 475 Å². The van der Waals surface area contributed by atoms with Crippen LogP contribution in [0.15, 0.2) is 0 Å². The molecule has 16 heteroatoms. The van der Waals surface area contributed by atoms with Crippen molar-refractivity contribution in [2.75, 3.05) is 73.5 Å². The third-order valence-electron chi connectivity index (χ3n) is 12.2. The topological polar surface area (TPSA) is 194 Å². The van der Waals surface area contributed by atoms with Crippen molar-refractivity contribution in [1.82, 2.24) is 35.1 Å². The van der Waals surface area contributed by atoms with Gasteiger partial charge >= 0.3 is 0 Å². The number of carbonyl (C=O) groups excluding carboxylic acids is 9. The maximum atomic E-state index is 11.6. The van der Waals surface area contributed by atoms with E-state index >= 15 is 0 Å². The number of Topliss-reactive ketones (excluding diaryl/α,β-unsaturated/α-hetero) is 2. The van der Waals surface area contributed by atoms with Crippen LogP contribution in [0.5, 0.6) is 0 Å². The number of carbonyl (C=O) groups is 9.